The number of aryl methyl sites for hydroxylation is 1. The number of nitrogens with zero attached hydrogens (tertiary/aromatic N) is 2. The summed E-state index contributed by atoms with van der Waals surface area (Å²) in [5.41, 5.74) is 2.18. The number of hydrogen-bond donors (Lipinski definition) is 1. The Kier molecular flexibility index (Phi) is 4.96. The molecule has 1 aliphatic heterocycles. The first-order valence-corrected chi connectivity index (χ1v) is 8.54. The van der Waals surface area contributed by atoms with Crippen molar-refractivity contribution in [1.82, 2.24) is 14.9 Å². The Hall–Kier alpha value is -1.88. The lowest BCUT2D eigenvalue weighted by Gasteiger charge is -2.28. The van der Waals surface area contributed by atoms with Gasteiger partial charge in [0.2, 0.25) is 5.91 Å². The van der Waals surface area contributed by atoms with Gasteiger partial charge in [-0.1, -0.05) is 12.1 Å². The van der Waals surface area contributed by atoms with E-state index in [1.54, 1.807) is 0 Å². The molecule has 23 heavy (non-hydrogen) atoms. The van der Waals surface area contributed by atoms with Crippen LogP contribution in [0.25, 0.3) is 11.0 Å². The zero-order valence-electron chi connectivity index (χ0n) is 13.9. The molecule has 3 rings (SSSR count). The summed E-state index contributed by atoms with van der Waals surface area (Å²) in [6, 6.07) is 8.16. The van der Waals surface area contributed by atoms with Crippen LogP contribution in [0.15, 0.2) is 24.3 Å². The molecule has 0 aliphatic carbocycles. The fourth-order valence-electron chi connectivity index (χ4n) is 3.37. The molecule has 5 heteroatoms. The van der Waals surface area contributed by atoms with Gasteiger partial charge in [-0.15, -0.1) is 0 Å². The average molecular weight is 315 g/mol. The highest BCUT2D eigenvalue weighted by atomic mass is 16.5. The highest BCUT2D eigenvalue weighted by molar-refractivity contribution is 5.79. The summed E-state index contributed by atoms with van der Waals surface area (Å²) in [5.74, 6) is 1.12. The van der Waals surface area contributed by atoms with Gasteiger partial charge in [0, 0.05) is 26.1 Å². The summed E-state index contributed by atoms with van der Waals surface area (Å²) in [4.78, 5) is 17.0. The molecule has 2 heterocycles. The zero-order chi connectivity index (χ0) is 16.2. The van der Waals surface area contributed by atoms with E-state index in [9.17, 15) is 4.79 Å². The Bertz CT molecular complexity index is 680. The van der Waals surface area contributed by atoms with Crippen molar-refractivity contribution in [2.24, 2.45) is 5.92 Å². The van der Waals surface area contributed by atoms with Crippen molar-refractivity contribution >= 4 is 16.9 Å². The van der Waals surface area contributed by atoms with E-state index in [1.165, 1.54) is 0 Å². The van der Waals surface area contributed by atoms with E-state index in [0.29, 0.717) is 6.54 Å². The standard InChI is InChI=1S/C18H25N3O2/c1-3-21-16-9-5-4-8-15(16)20-17(21)10-11-19-18(22)14-7-6-12-23-13(14)2/h4-5,8-9,13-14H,3,6-7,10-12H2,1-2H3,(H,19,22). The number of hydrogen-bond acceptors (Lipinski definition) is 3. The van der Waals surface area contributed by atoms with Gasteiger partial charge in [-0.05, 0) is 38.8 Å². The highest BCUT2D eigenvalue weighted by Gasteiger charge is 2.28. The molecule has 1 aromatic heterocycles. The Morgan fingerprint density at radius 3 is 3.04 bits per heavy atom. The number of para-hydroxylation sites is 2. The summed E-state index contributed by atoms with van der Waals surface area (Å²) in [7, 11) is 0. The smallest absolute Gasteiger partial charge is 0.225 e. The van der Waals surface area contributed by atoms with Crippen molar-refractivity contribution in [2.45, 2.75) is 45.8 Å². The van der Waals surface area contributed by atoms with Gasteiger partial charge in [0.1, 0.15) is 5.82 Å². The number of carbonyl (C=O) groups is 1. The van der Waals surface area contributed by atoms with Crippen LogP contribution in [-0.4, -0.2) is 34.7 Å². The number of ether oxygens (including phenoxy) is 1. The van der Waals surface area contributed by atoms with Crippen LogP contribution in [0.4, 0.5) is 0 Å². The van der Waals surface area contributed by atoms with Crippen LogP contribution in [0.1, 0.15) is 32.5 Å². The van der Waals surface area contributed by atoms with Crippen molar-refractivity contribution in [3.05, 3.63) is 30.1 Å². The van der Waals surface area contributed by atoms with Gasteiger partial charge < -0.3 is 14.6 Å². The topological polar surface area (TPSA) is 56.2 Å². The maximum absolute atomic E-state index is 12.3. The molecule has 5 nitrogen and oxygen atoms in total. The van der Waals surface area contributed by atoms with E-state index in [4.69, 9.17) is 9.72 Å². The molecule has 1 fully saturated rings. The Balaban J connectivity index is 1.61. The third kappa shape index (κ3) is 3.39. The van der Waals surface area contributed by atoms with Gasteiger partial charge in [-0.3, -0.25) is 4.79 Å². The first kappa shape index (κ1) is 16.0. The van der Waals surface area contributed by atoms with Crippen LogP contribution in [-0.2, 0) is 22.5 Å². The molecule has 1 aliphatic rings. The molecule has 124 valence electrons. The zero-order valence-corrected chi connectivity index (χ0v) is 13.9. The number of fused-ring (bicyclic) bond motifs is 1. The molecule has 2 aromatic rings. The van der Waals surface area contributed by atoms with Gasteiger partial charge in [0.25, 0.3) is 0 Å². The number of nitrogens with one attached hydrogen (secondary N) is 1. The lowest BCUT2D eigenvalue weighted by atomic mass is 9.94. The second-order valence-corrected chi connectivity index (χ2v) is 6.13. The number of benzene rings is 1. The van der Waals surface area contributed by atoms with E-state index in [0.717, 1.165) is 49.3 Å². The van der Waals surface area contributed by atoms with E-state index in [2.05, 4.69) is 22.9 Å². The van der Waals surface area contributed by atoms with E-state index < -0.39 is 0 Å². The predicted molar refractivity (Wildman–Crippen MR) is 90.3 cm³/mol. The van der Waals surface area contributed by atoms with Crippen molar-refractivity contribution in [3.8, 4) is 0 Å². The van der Waals surface area contributed by atoms with Crippen LogP contribution in [0.3, 0.4) is 0 Å². The number of amides is 1. The summed E-state index contributed by atoms with van der Waals surface area (Å²) in [5, 5.41) is 3.05. The molecule has 2 unspecified atom stereocenters. The lowest BCUT2D eigenvalue weighted by Crippen LogP contribution is -2.41. The third-order valence-corrected chi connectivity index (χ3v) is 4.64. The molecular formula is C18H25N3O2. The van der Waals surface area contributed by atoms with Gasteiger partial charge in [-0.25, -0.2) is 4.98 Å². The van der Waals surface area contributed by atoms with Crippen LogP contribution < -0.4 is 5.32 Å². The molecule has 0 bridgehead atoms. The Labute approximate surface area is 137 Å². The maximum atomic E-state index is 12.3. The SMILES string of the molecule is CCn1c(CCNC(=O)C2CCCOC2C)nc2ccccc21. The van der Waals surface area contributed by atoms with Crippen molar-refractivity contribution < 1.29 is 9.53 Å². The van der Waals surface area contributed by atoms with Crippen molar-refractivity contribution in [1.29, 1.82) is 0 Å². The monoisotopic (exact) mass is 315 g/mol. The summed E-state index contributed by atoms with van der Waals surface area (Å²) >= 11 is 0. The second-order valence-electron chi connectivity index (χ2n) is 6.13. The molecule has 1 aromatic carbocycles. The van der Waals surface area contributed by atoms with Crippen LogP contribution >= 0.6 is 0 Å². The fraction of sp³-hybridized carbons (Fsp3) is 0.556. The molecule has 0 saturated carbocycles. The predicted octanol–water partition coefficient (Wildman–Crippen LogP) is 2.53. The second kappa shape index (κ2) is 7.13. The van der Waals surface area contributed by atoms with E-state index in [-0.39, 0.29) is 17.9 Å². The minimum Gasteiger partial charge on any atom is -0.378 e. The van der Waals surface area contributed by atoms with Crippen LogP contribution in [0, 0.1) is 5.92 Å². The Morgan fingerprint density at radius 2 is 2.26 bits per heavy atom. The summed E-state index contributed by atoms with van der Waals surface area (Å²) in [6.07, 6.45) is 2.65. The maximum Gasteiger partial charge on any atom is 0.225 e. The van der Waals surface area contributed by atoms with E-state index in [1.807, 2.05) is 25.1 Å². The molecule has 2 atom stereocenters. The number of carbonyl (C=O) groups excluding carboxylic acids is 1. The highest BCUT2D eigenvalue weighted by Crippen LogP contribution is 2.20. The lowest BCUT2D eigenvalue weighted by molar-refractivity contribution is -0.133. The first-order valence-electron chi connectivity index (χ1n) is 8.54. The van der Waals surface area contributed by atoms with Crippen LogP contribution in [0.5, 0.6) is 0 Å². The summed E-state index contributed by atoms with van der Waals surface area (Å²) in [6.45, 7) is 6.38. The Morgan fingerprint density at radius 1 is 1.43 bits per heavy atom. The number of imidazole rings is 1. The molecule has 1 saturated heterocycles. The first-order chi connectivity index (χ1) is 11.2. The number of aromatic nitrogens is 2. The molecule has 1 amide bonds. The normalized spacial score (nSPS) is 21.5. The van der Waals surface area contributed by atoms with Gasteiger partial charge in [-0.2, -0.15) is 0 Å². The third-order valence-electron chi connectivity index (χ3n) is 4.64. The minimum absolute atomic E-state index is 0.0176. The fourth-order valence-corrected chi connectivity index (χ4v) is 3.37. The quantitative estimate of drug-likeness (QED) is 0.922. The van der Waals surface area contributed by atoms with Gasteiger partial charge in [0.05, 0.1) is 23.1 Å². The van der Waals surface area contributed by atoms with Crippen LogP contribution in [0.2, 0.25) is 0 Å². The largest absolute Gasteiger partial charge is 0.378 e. The number of rotatable bonds is 5. The molecular weight excluding hydrogens is 290 g/mol. The molecule has 1 N–H and O–H groups in total. The minimum atomic E-state index is -0.0197. The van der Waals surface area contributed by atoms with E-state index >= 15 is 0 Å². The average Bonchev–Trinajstić information content (AvgIpc) is 2.92. The van der Waals surface area contributed by atoms with Crippen molar-refractivity contribution in [2.75, 3.05) is 13.2 Å². The molecule has 0 radical (unpaired) electrons. The summed E-state index contributed by atoms with van der Waals surface area (Å²) < 4.78 is 7.79. The van der Waals surface area contributed by atoms with Crippen molar-refractivity contribution in [3.63, 3.8) is 0 Å². The molecule has 0 spiro atoms. The van der Waals surface area contributed by atoms with Gasteiger partial charge >= 0.3 is 0 Å². The van der Waals surface area contributed by atoms with Gasteiger partial charge in [0.15, 0.2) is 0 Å².